The first-order valence-electron chi connectivity index (χ1n) is 7.37. The first-order valence-corrected chi connectivity index (χ1v) is 8.16. The summed E-state index contributed by atoms with van der Waals surface area (Å²) < 4.78 is 20.1. The number of halogens is 2. The van der Waals surface area contributed by atoms with Crippen molar-refractivity contribution in [2.45, 2.75) is 12.8 Å². The number of oxazole rings is 1. The Balaban J connectivity index is 1.58. The zero-order valence-corrected chi connectivity index (χ0v) is 14.2. The van der Waals surface area contributed by atoms with Gasteiger partial charge in [-0.15, -0.1) is 0 Å². The minimum atomic E-state index is -0.459. The molecule has 0 saturated carbocycles. The third-order valence-electron chi connectivity index (χ3n) is 3.40. The third-order valence-corrected chi connectivity index (χ3v) is 3.92. The highest BCUT2D eigenvalue weighted by Crippen LogP contribution is 2.23. The van der Waals surface area contributed by atoms with Crippen molar-refractivity contribution in [3.05, 3.63) is 70.9 Å². The number of aryl methyl sites for hydroxylation is 1. The molecular weight excluding hydrogens is 375 g/mol. The lowest BCUT2D eigenvalue weighted by molar-refractivity contribution is -0.116. The maximum atomic E-state index is 13.5. The van der Waals surface area contributed by atoms with Crippen LogP contribution in [0.4, 0.5) is 10.1 Å². The lowest BCUT2D eigenvalue weighted by Crippen LogP contribution is -2.13. The number of hydrogen-bond acceptors (Lipinski definition) is 3. The average molecular weight is 389 g/mol. The molecule has 4 nitrogen and oxygen atoms in total. The number of carbonyl (C=O) groups is 1. The van der Waals surface area contributed by atoms with Crippen molar-refractivity contribution in [2.24, 2.45) is 0 Å². The second kappa shape index (κ2) is 7.40. The normalized spacial score (nSPS) is 10.6. The molecule has 0 spiro atoms. The molecule has 2 aromatic carbocycles. The SMILES string of the molecule is O=C(CCc1ncc(-c2ccc(Br)cc2)o1)Nc1ccccc1F. The van der Waals surface area contributed by atoms with Crippen LogP contribution in [-0.2, 0) is 11.2 Å². The summed E-state index contributed by atoms with van der Waals surface area (Å²) in [6.07, 6.45) is 2.14. The number of anilines is 1. The number of amides is 1. The Morgan fingerprint density at radius 1 is 1.17 bits per heavy atom. The molecule has 1 amide bonds. The number of nitrogens with one attached hydrogen (secondary N) is 1. The molecule has 1 aromatic heterocycles. The van der Waals surface area contributed by atoms with Gasteiger partial charge in [-0.05, 0) is 24.3 Å². The highest BCUT2D eigenvalue weighted by molar-refractivity contribution is 9.10. The van der Waals surface area contributed by atoms with Crippen molar-refractivity contribution >= 4 is 27.5 Å². The molecule has 0 saturated heterocycles. The zero-order valence-electron chi connectivity index (χ0n) is 12.6. The maximum Gasteiger partial charge on any atom is 0.224 e. The molecule has 3 aromatic rings. The predicted molar refractivity (Wildman–Crippen MR) is 93.0 cm³/mol. The first-order chi connectivity index (χ1) is 11.6. The third kappa shape index (κ3) is 4.08. The van der Waals surface area contributed by atoms with Crippen LogP contribution < -0.4 is 5.32 Å². The highest BCUT2D eigenvalue weighted by atomic mass is 79.9. The van der Waals surface area contributed by atoms with E-state index >= 15 is 0 Å². The van der Waals surface area contributed by atoms with E-state index in [1.165, 1.54) is 12.1 Å². The highest BCUT2D eigenvalue weighted by Gasteiger charge is 2.10. The molecule has 0 aliphatic rings. The Morgan fingerprint density at radius 3 is 2.67 bits per heavy atom. The second-order valence-electron chi connectivity index (χ2n) is 5.15. The summed E-state index contributed by atoms with van der Waals surface area (Å²) in [5.74, 6) is 0.367. The number of benzene rings is 2. The molecule has 1 N–H and O–H groups in total. The number of rotatable bonds is 5. The molecule has 3 rings (SSSR count). The van der Waals surface area contributed by atoms with Gasteiger partial charge in [0.2, 0.25) is 5.91 Å². The van der Waals surface area contributed by atoms with E-state index in [9.17, 15) is 9.18 Å². The summed E-state index contributed by atoms with van der Waals surface area (Å²) >= 11 is 3.38. The summed E-state index contributed by atoms with van der Waals surface area (Å²) in [5.41, 5.74) is 1.08. The van der Waals surface area contributed by atoms with Crippen LogP contribution in [-0.4, -0.2) is 10.9 Å². The Labute approximate surface area is 146 Å². The van der Waals surface area contributed by atoms with Crippen molar-refractivity contribution in [2.75, 3.05) is 5.32 Å². The number of hydrogen-bond donors (Lipinski definition) is 1. The molecule has 6 heteroatoms. The number of para-hydroxylation sites is 1. The first kappa shape index (κ1) is 16.4. The van der Waals surface area contributed by atoms with Crippen LogP contribution in [0.15, 0.2) is 63.6 Å². The second-order valence-corrected chi connectivity index (χ2v) is 6.07. The molecule has 0 atom stereocenters. The van der Waals surface area contributed by atoms with E-state index in [1.807, 2.05) is 24.3 Å². The van der Waals surface area contributed by atoms with E-state index in [0.29, 0.717) is 18.1 Å². The van der Waals surface area contributed by atoms with Crippen LogP contribution in [0.1, 0.15) is 12.3 Å². The molecule has 1 heterocycles. The van der Waals surface area contributed by atoms with Crippen molar-refractivity contribution in [1.29, 1.82) is 0 Å². The van der Waals surface area contributed by atoms with Crippen LogP contribution >= 0.6 is 15.9 Å². The number of nitrogens with zero attached hydrogens (tertiary/aromatic N) is 1. The van der Waals surface area contributed by atoms with Gasteiger partial charge in [0, 0.05) is 22.9 Å². The molecule has 24 heavy (non-hydrogen) atoms. The van der Waals surface area contributed by atoms with E-state index in [-0.39, 0.29) is 18.0 Å². The van der Waals surface area contributed by atoms with Gasteiger partial charge in [0.25, 0.3) is 0 Å². The Bertz CT molecular complexity index is 846. The molecule has 0 unspecified atom stereocenters. The molecule has 0 aliphatic heterocycles. The van der Waals surface area contributed by atoms with Gasteiger partial charge in [-0.3, -0.25) is 4.79 Å². The van der Waals surface area contributed by atoms with Crippen molar-refractivity contribution in [1.82, 2.24) is 4.98 Å². The smallest absolute Gasteiger partial charge is 0.224 e. The van der Waals surface area contributed by atoms with E-state index in [0.717, 1.165) is 10.0 Å². The zero-order chi connectivity index (χ0) is 16.9. The summed E-state index contributed by atoms with van der Waals surface area (Å²) in [5, 5.41) is 2.54. The van der Waals surface area contributed by atoms with E-state index in [4.69, 9.17) is 4.42 Å². The Hall–Kier alpha value is -2.47. The minimum Gasteiger partial charge on any atom is -0.441 e. The fourth-order valence-electron chi connectivity index (χ4n) is 2.17. The summed E-state index contributed by atoms with van der Waals surface area (Å²) in [6.45, 7) is 0. The van der Waals surface area contributed by atoms with Crippen LogP contribution in [0.5, 0.6) is 0 Å². The van der Waals surface area contributed by atoms with E-state index in [1.54, 1.807) is 18.3 Å². The lowest BCUT2D eigenvalue weighted by atomic mass is 10.2. The fraction of sp³-hybridized carbons (Fsp3) is 0.111. The molecule has 0 fully saturated rings. The maximum absolute atomic E-state index is 13.5. The molecule has 0 radical (unpaired) electrons. The molecule has 122 valence electrons. The largest absolute Gasteiger partial charge is 0.441 e. The van der Waals surface area contributed by atoms with Gasteiger partial charge in [0.1, 0.15) is 5.82 Å². The topological polar surface area (TPSA) is 55.1 Å². The van der Waals surface area contributed by atoms with Crippen molar-refractivity contribution in [3.63, 3.8) is 0 Å². The van der Waals surface area contributed by atoms with Gasteiger partial charge in [0.15, 0.2) is 11.7 Å². The minimum absolute atomic E-state index is 0.161. The summed E-state index contributed by atoms with van der Waals surface area (Å²) in [4.78, 5) is 16.1. The summed E-state index contributed by atoms with van der Waals surface area (Å²) in [7, 11) is 0. The molecular formula is C18H14BrFN2O2. The average Bonchev–Trinajstić information content (AvgIpc) is 3.05. The molecule has 0 aliphatic carbocycles. The standard InChI is InChI=1S/C18H14BrFN2O2/c19-13-7-5-12(6-8-13)16-11-21-18(24-16)10-9-17(23)22-15-4-2-1-3-14(15)20/h1-8,11H,9-10H2,(H,22,23). The van der Waals surface area contributed by atoms with Gasteiger partial charge < -0.3 is 9.73 Å². The van der Waals surface area contributed by atoms with Crippen LogP contribution in [0.25, 0.3) is 11.3 Å². The van der Waals surface area contributed by atoms with Crippen LogP contribution in [0.3, 0.4) is 0 Å². The van der Waals surface area contributed by atoms with Crippen LogP contribution in [0.2, 0.25) is 0 Å². The fourth-order valence-corrected chi connectivity index (χ4v) is 2.43. The van der Waals surface area contributed by atoms with Gasteiger partial charge >= 0.3 is 0 Å². The Kier molecular flexibility index (Phi) is 5.05. The van der Waals surface area contributed by atoms with E-state index < -0.39 is 5.82 Å². The van der Waals surface area contributed by atoms with Gasteiger partial charge in [0.05, 0.1) is 11.9 Å². The quantitative estimate of drug-likeness (QED) is 0.681. The monoisotopic (exact) mass is 388 g/mol. The Morgan fingerprint density at radius 2 is 1.92 bits per heavy atom. The lowest BCUT2D eigenvalue weighted by Gasteiger charge is -2.05. The van der Waals surface area contributed by atoms with E-state index in [2.05, 4.69) is 26.2 Å². The molecule has 0 bridgehead atoms. The number of aromatic nitrogens is 1. The van der Waals surface area contributed by atoms with Crippen molar-refractivity contribution < 1.29 is 13.6 Å². The van der Waals surface area contributed by atoms with Gasteiger partial charge in [-0.25, -0.2) is 9.37 Å². The van der Waals surface area contributed by atoms with Crippen LogP contribution in [0, 0.1) is 5.82 Å². The summed E-state index contributed by atoms with van der Waals surface area (Å²) in [6, 6.07) is 13.7. The van der Waals surface area contributed by atoms with Gasteiger partial charge in [-0.1, -0.05) is 40.2 Å². The van der Waals surface area contributed by atoms with Crippen molar-refractivity contribution in [3.8, 4) is 11.3 Å². The van der Waals surface area contributed by atoms with Gasteiger partial charge in [-0.2, -0.15) is 0 Å². The number of carbonyl (C=O) groups excluding carboxylic acids is 1. The predicted octanol–water partition coefficient (Wildman–Crippen LogP) is 4.81.